The molecule has 0 spiro atoms. The fourth-order valence-electron chi connectivity index (χ4n) is 3.29. The SMILES string of the molecule is CCCNC(=O)[C@@H](CC)N(Cc1ccc(F)cc1)C(=O)COc1ccc(C(C)C)cc1Br. The van der Waals surface area contributed by atoms with Crippen molar-refractivity contribution in [2.75, 3.05) is 13.2 Å². The van der Waals surface area contributed by atoms with Crippen molar-refractivity contribution < 1.29 is 18.7 Å². The summed E-state index contributed by atoms with van der Waals surface area (Å²) in [6, 6.07) is 11.1. The molecule has 0 radical (unpaired) electrons. The molecular formula is C25H32BrFN2O3. The molecule has 1 N–H and O–H groups in total. The summed E-state index contributed by atoms with van der Waals surface area (Å²) in [5.41, 5.74) is 1.90. The fourth-order valence-corrected chi connectivity index (χ4v) is 3.80. The summed E-state index contributed by atoms with van der Waals surface area (Å²) in [6.45, 7) is 8.56. The van der Waals surface area contributed by atoms with Gasteiger partial charge in [0.25, 0.3) is 5.91 Å². The third-order valence-corrected chi connectivity index (χ3v) is 5.79. The summed E-state index contributed by atoms with van der Waals surface area (Å²) < 4.78 is 19.9. The monoisotopic (exact) mass is 506 g/mol. The summed E-state index contributed by atoms with van der Waals surface area (Å²) in [5.74, 6) is 0.0745. The van der Waals surface area contributed by atoms with Gasteiger partial charge in [0.15, 0.2) is 6.61 Å². The summed E-state index contributed by atoms with van der Waals surface area (Å²) in [7, 11) is 0. The molecule has 0 unspecified atom stereocenters. The van der Waals surface area contributed by atoms with Gasteiger partial charge >= 0.3 is 0 Å². The highest BCUT2D eigenvalue weighted by atomic mass is 79.9. The van der Waals surface area contributed by atoms with Crippen LogP contribution in [-0.4, -0.2) is 35.9 Å². The van der Waals surface area contributed by atoms with Crippen molar-refractivity contribution in [1.82, 2.24) is 10.2 Å². The molecule has 5 nitrogen and oxygen atoms in total. The first-order chi connectivity index (χ1) is 15.3. The highest BCUT2D eigenvalue weighted by Gasteiger charge is 2.29. The molecule has 174 valence electrons. The minimum atomic E-state index is -0.644. The van der Waals surface area contributed by atoms with Crippen LogP contribution in [0.4, 0.5) is 4.39 Å². The molecule has 0 aromatic heterocycles. The Morgan fingerprint density at radius 2 is 1.81 bits per heavy atom. The van der Waals surface area contributed by atoms with Crippen molar-refractivity contribution in [2.24, 2.45) is 0 Å². The Labute approximate surface area is 198 Å². The van der Waals surface area contributed by atoms with E-state index in [-0.39, 0.29) is 30.8 Å². The quantitative estimate of drug-likeness (QED) is 0.442. The fraction of sp³-hybridized carbons (Fsp3) is 0.440. The van der Waals surface area contributed by atoms with Gasteiger partial charge in [-0.2, -0.15) is 0 Å². The lowest BCUT2D eigenvalue weighted by atomic mass is 10.0. The lowest BCUT2D eigenvalue weighted by molar-refractivity contribution is -0.143. The first-order valence-corrected chi connectivity index (χ1v) is 11.8. The van der Waals surface area contributed by atoms with E-state index in [2.05, 4.69) is 35.1 Å². The standard InChI is InChI=1S/C25H32BrFN2O3/c1-5-13-28-25(31)22(6-2)29(15-18-7-10-20(27)11-8-18)24(30)16-32-23-12-9-19(17(3)4)14-21(23)26/h7-12,14,17,22H,5-6,13,15-16H2,1-4H3,(H,28,31)/t22-/m1/s1. The van der Waals surface area contributed by atoms with Gasteiger partial charge in [-0.1, -0.05) is 45.9 Å². The molecular weight excluding hydrogens is 475 g/mol. The number of amides is 2. The van der Waals surface area contributed by atoms with E-state index in [1.807, 2.05) is 32.0 Å². The van der Waals surface area contributed by atoms with Gasteiger partial charge < -0.3 is 15.0 Å². The van der Waals surface area contributed by atoms with Crippen LogP contribution in [0.5, 0.6) is 5.75 Å². The second-order valence-corrected chi connectivity index (χ2v) is 8.85. The van der Waals surface area contributed by atoms with Gasteiger partial charge in [0.05, 0.1) is 4.47 Å². The Balaban J connectivity index is 2.20. The van der Waals surface area contributed by atoms with Crippen LogP contribution in [0.1, 0.15) is 57.6 Å². The molecule has 1 atom stereocenters. The first-order valence-electron chi connectivity index (χ1n) is 11.0. The molecule has 32 heavy (non-hydrogen) atoms. The number of carbonyl (C=O) groups excluding carboxylic acids is 2. The molecule has 7 heteroatoms. The van der Waals surface area contributed by atoms with Gasteiger partial charge in [-0.25, -0.2) is 4.39 Å². The number of hydrogen-bond acceptors (Lipinski definition) is 3. The lowest BCUT2D eigenvalue weighted by Gasteiger charge is -2.30. The number of benzene rings is 2. The normalized spacial score (nSPS) is 11.8. The Kier molecular flexibility index (Phi) is 10.2. The van der Waals surface area contributed by atoms with Gasteiger partial charge in [0, 0.05) is 13.1 Å². The second-order valence-electron chi connectivity index (χ2n) is 8.00. The van der Waals surface area contributed by atoms with Crippen LogP contribution in [0.25, 0.3) is 0 Å². The average molecular weight is 507 g/mol. The van der Waals surface area contributed by atoms with E-state index in [1.165, 1.54) is 17.0 Å². The minimum Gasteiger partial charge on any atom is -0.483 e. The number of carbonyl (C=O) groups is 2. The number of nitrogens with one attached hydrogen (secondary N) is 1. The largest absolute Gasteiger partial charge is 0.483 e. The van der Waals surface area contributed by atoms with Gasteiger partial charge in [-0.05, 0) is 70.1 Å². The third-order valence-electron chi connectivity index (χ3n) is 5.18. The molecule has 0 fully saturated rings. The minimum absolute atomic E-state index is 0.188. The van der Waals surface area contributed by atoms with Crippen LogP contribution in [0.15, 0.2) is 46.9 Å². The number of hydrogen-bond donors (Lipinski definition) is 1. The van der Waals surface area contributed by atoms with E-state index in [1.54, 1.807) is 12.1 Å². The van der Waals surface area contributed by atoms with Crippen molar-refractivity contribution >= 4 is 27.7 Å². The van der Waals surface area contributed by atoms with E-state index in [0.717, 1.165) is 22.0 Å². The molecule has 0 aliphatic rings. The number of nitrogens with zero attached hydrogens (tertiary/aromatic N) is 1. The van der Waals surface area contributed by atoms with E-state index >= 15 is 0 Å². The Hall–Kier alpha value is -2.41. The third kappa shape index (κ3) is 7.33. The second kappa shape index (κ2) is 12.6. The highest BCUT2D eigenvalue weighted by molar-refractivity contribution is 9.10. The molecule has 2 amide bonds. The van der Waals surface area contributed by atoms with Crippen molar-refractivity contribution in [3.63, 3.8) is 0 Å². The summed E-state index contributed by atoms with van der Waals surface area (Å²) in [6.07, 6.45) is 1.26. The maximum atomic E-state index is 13.3. The van der Waals surface area contributed by atoms with E-state index in [9.17, 15) is 14.0 Å². The van der Waals surface area contributed by atoms with Crippen LogP contribution < -0.4 is 10.1 Å². The maximum absolute atomic E-state index is 13.3. The van der Waals surface area contributed by atoms with Crippen LogP contribution >= 0.6 is 15.9 Å². The lowest BCUT2D eigenvalue weighted by Crippen LogP contribution is -2.50. The van der Waals surface area contributed by atoms with Crippen molar-refractivity contribution in [2.45, 2.75) is 59.0 Å². The van der Waals surface area contributed by atoms with E-state index in [4.69, 9.17) is 4.74 Å². The summed E-state index contributed by atoms with van der Waals surface area (Å²) in [4.78, 5) is 27.4. The number of rotatable bonds is 11. The van der Waals surface area contributed by atoms with E-state index < -0.39 is 6.04 Å². The number of ether oxygens (including phenoxy) is 1. The van der Waals surface area contributed by atoms with Crippen LogP contribution in [0, 0.1) is 5.82 Å². The van der Waals surface area contributed by atoms with Gasteiger partial charge in [0.2, 0.25) is 5.91 Å². The molecule has 0 heterocycles. The zero-order chi connectivity index (χ0) is 23.7. The molecule has 0 bridgehead atoms. The predicted octanol–water partition coefficient (Wildman–Crippen LogP) is 5.42. The first kappa shape index (κ1) is 25.8. The molecule has 0 saturated carbocycles. The maximum Gasteiger partial charge on any atom is 0.261 e. The zero-order valence-electron chi connectivity index (χ0n) is 19.2. The molecule has 2 rings (SSSR count). The Bertz CT molecular complexity index is 903. The van der Waals surface area contributed by atoms with Crippen LogP contribution in [0.3, 0.4) is 0 Å². The van der Waals surface area contributed by atoms with Crippen LogP contribution in [0.2, 0.25) is 0 Å². The average Bonchev–Trinajstić information content (AvgIpc) is 2.77. The molecule has 0 aliphatic heterocycles. The summed E-state index contributed by atoms with van der Waals surface area (Å²) >= 11 is 3.51. The number of halogens is 2. The van der Waals surface area contributed by atoms with Gasteiger partial charge in [-0.15, -0.1) is 0 Å². The highest BCUT2D eigenvalue weighted by Crippen LogP contribution is 2.29. The van der Waals surface area contributed by atoms with Crippen molar-refractivity contribution in [3.8, 4) is 5.75 Å². The van der Waals surface area contributed by atoms with E-state index in [0.29, 0.717) is 24.6 Å². The molecule has 0 aliphatic carbocycles. The molecule has 2 aromatic rings. The topological polar surface area (TPSA) is 58.6 Å². The Morgan fingerprint density at radius 3 is 2.38 bits per heavy atom. The Morgan fingerprint density at radius 1 is 1.12 bits per heavy atom. The van der Waals surface area contributed by atoms with Crippen molar-refractivity contribution in [3.05, 3.63) is 63.9 Å². The van der Waals surface area contributed by atoms with Gasteiger partial charge in [-0.3, -0.25) is 9.59 Å². The predicted molar refractivity (Wildman–Crippen MR) is 128 cm³/mol. The smallest absolute Gasteiger partial charge is 0.261 e. The van der Waals surface area contributed by atoms with Crippen LogP contribution in [-0.2, 0) is 16.1 Å². The zero-order valence-corrected chi connectivity index (χ0v) is 20.7. The summed E-state index contributed by atoms with van der Waals surface area (Å²) in [5, 5.41) is 2.87. The van der Waals surface area contributed by atoms with Crippen molar-refractivity contribution in [1.29, 1.82) is 0 Å². The molecule has 0 saturated heterocycles. The van der Waals surface area contributed by atoms with Gasteiger partial charge in [0.1, 0.15) is 17.6 Å². The molecule has 2 aromatic carbocycles.